The molecule has 1 aromatic heterocycles. The van der Waals surface area contributed by atoms with Crippen molar-refractivity contribution in [3.05, 3.63) is 41.4 Å². The van der Waals surface area contributed by atoms with Gasteiger partial charge in [-0.25, -0.2) is 4.98 Å². The van der Waals surface area contributed by atoms with Gasteiger partial charge in [-0.05, 0) is 49.3 Å². The van der Waals surface area contributed by atoms with Crippen molar-refractivity contribution in [1.82, 2.24) is 20.1 Å². The maximum atomic E-state index is 6.15. The van der Waals surface area contributed by atoms with Crippen LogP contribution >= 0.6 is 23.4 Å². The molecule has 3 rings (SSSR count). The van der Waals surface area contributed by atoms with E-state index >= 15 is 0 Å². The zero-order chi connectivity index (χ0) is 14.7. The van der Waals surface area contributed by atoms with Gasteiger partial charge in [-0.15, -0.1) is 11.8 Å². The predicted molar refractivity (Wildman–Crippen MR) is 86.8 cm³/mol. The summed E-state index contributed by atoms with van der Waals surface area (Å²) in [5.74, 6) is 1.15. The molecule has 2 heterocycles. The average molecular weight is 323 g/mol. The third-order valence-corrected chi connectivity index (χ3v) is 5.11. The van der Waals surface area contributed by atoms with Gasteiger partial charge >= 0.3 is 0 Å². The van der Waals surface area contributed by atoms with Crippen LogP contribution in [0.3, 0.4) is 0 Å². The van der Waals surface area contributed by atoms with Crippen molar-refractivity contribution in [2.45, 2.75) is 43.3 Å². The standard InChI is InChI=1S/C15H19ClN4S/c1-11(4-6-20-10-17-9-18-20)19-14-5-7-21-15-3-2-12(16)8-13(14)15/h2-3,8-11,14,19H,4-7H2,1H3/t11-,14+/m1/s1. The van der Waals surface area contributed by atoms with Crippen LogP contribution in [0.4, 0.5) is 0 Å². The molecule has 0 unspecified atom stereocenters. The Labute approximate surface area is 134 Å². The van der Waals surface area contributed by atoms with Gasteiger partial charge in [-0.1, -0.05) is 11.6 Å². The fourth-order valence-electron chi connectivity index (χ4n) is 2.64. The summed E-state index contributed by atoms with van der Waals surface area (Å²) >= 11 is 8.07. The van der Waals surface area contributed by atoms with Crippen molar-refractivity contribution in [2.24, 2.45) is 0 Å². The Bertz CT molecular complexity index is 587. The van der Waals surface area contributed by atoms with E-state index in [0.717, 1.165) is 30.2 Å². The van der Waals surface area contributed by atoms with Crippen molar-refractivity contribution in [1.29, 1.82) is 0 Å². The van der Waals surface area contributed by atoms with Gasteiger partial charge < -0.3 is 5.32 Å². The molecule has 2 aromatic rings. The second-order valence-electron chi connectivity index (χ2n) is 5.39. The molecule has 1 aromatic carbocycles. The van der Waals surface area contributed by atoms with Crippen LogP contribution in [0.25, 0.3) is 0 Å². The van der Waals surface area contributed by atoms with Gasteiger partial charge in [0, 0.05) is 28.5 Å². The van der Waals surface area contributed by atoms with Crippen LogP contribution in [0, 0.1) is 0 Å². The summed E-state index contributed by atoms with van der Waals surface area (Å²) in [5.41, 5.74) is 1.34. The quantitative estimate of drug-likeness (QED) is 0.914. The number of thioether (sulfide) groups is 1. The summed E-state index contributed by atoms with van der Waals surface area (Å²) < 4.78 is 1.87. The van der Waals surface area contributed by atoms with Crippen LogP contribution in [0.15, 0.2) is 35.7 Å². The molecule has 1 N–H and O–H groups in total. The van der Waals surface area contributed by atoms with Crippen molar-refractivity contribution < 1.29 is 0 Å². The van der Waals surface area contributed by atoms with Crippen LogP contribution in [0.5, 0.6) is 0 Å². The van der Waals surface area contributed by atoms with E-state index in [1.54, 1.807) is 12.7 Å². The number of aromatic nitrogens is 3. The van der Waals surface area contributed by atoms with Gasteiger partial charge in [0.1, 0.15) is 12.7 Å². The highest BCUT2D eigenvalue weighted by molar-refractivity contribution is 7.99. The molecule has 21 heavy (non-hydrogen) atoms. The molecule has 0 radical (unpaired) electrons. The fourth-order valence-corrected chi connectivity index (χ4v) is 3.93. The van der Waals surface area contributed by atoms with E-state index in [-0.39, 0.29) is 0 Å². The van der Waals surface area contributed by atoms with Gasteiger partial charge in [0.25, 0.3) is 0 Å². The number of hydrogen-bond donors (Lipinski definition) is 1. The van der Waals surface area contributed by atoms with Gasteiger partial charge in [-0.3, -0.25) is 4.68 Å². The maximum Gasteiger partial charge on any atom is 0.137 e. The van der Waals surface area contributed by atoms with Gasteiger partial charge in [-0.2, -0.15) is 5.10 Å². The molecule has 112 valence electrons. The van der Waals surface area contributed by atoms with E-state index in [0.29, 0.717) is 12.1 Å². The maximum absolute atomic E-state index is 6.15. The zero-order valence-corrected chi connectivity index (χ0v) is 13.6. The van der Waals surface area contributed by atoms with Crippen LogP contribution in [0.2, 0.25) is 5.02 Å². The van der Waals surface area contributed by atoms with Crippen LogP contribution in [0.1, 0.15) is 31.4 Å². The minimum atomic E-state index is 0.394. The minimum Gasteiger partial charge on any atom is -0.307 e. The SMILES string of the molecule is C[C@H](CCn1cncn1)N[C@H]1CCSc2ccc(Cl)cc21. The molecule has 0 amide bonds. The van der Waals surface area contributed by atoms with Crippen LogP contribution < -0.4 is 5.32 Å². The van der Waals surface area contributed by atoms with Gasteiger partial charge in [0.15, 0.2) is 0 Å². The molecule has 0 fully saturated rings. The van der Waals surface area contributed by atoms with Gasteiger partial charge in [0.2, 0.25) is 0 Å². The molecular formula is C15H19ClN4S. The number of hydrogen-bond acceptors (Lipinski definition) is 4. The van der Waals surface area contributed by atoms with Crippen molar-refractivity contribution in [3.8, 4) is 0 Å². The van der Waals surface area contributed by atoms with E-state index in [1.807, 2.05) is 22.5 Å². The lowest BCUT2D eigenvalue weighted by Crippen LogP contribution is -2.33. The summed E-state index contributed by atoms with van der Waals surface area (Å²) in [5, 5.41) is 8.69. The molecule has 1 aliphatic rings. The lowest BCUT2D eigenvalue weighted by molar-refractivity contribution is 0.397. The van der Waals surface area contributed by atoms with E-state index in [4.69, 9.17) is 11.6 Å². The Balaban J connectivity index is 1.61. The Morgan fingerprint density at radius 1 is 1.52 bits per heavy atom. The molecular weight excluding hydrogens is 304 g/mol. The molecule has 0 bridgehead atoms. The summed E-state index contributed by atoms with van der Waals surface area (Å²) in [4.78, 5) is 5.32. The predicted octanol–water partition coefficient (Wildman–Crippen LogP) is 3.54. The first kappa shape index (κ1) is 14.9. The normalized spacial score (nSPS) is 19.2. The summed E-state index contributed by atoms with van der Waals surface area (Å²) in [6.07, 6.45) is 5.52. The summed E-state index contributed by atoms with van der Waals surface area (Å²) in [6.45, 7) is 3.11. The van der Waals surface area contributed by atoms with Crippen LogP contribution in [-0.4, -0.2) is 26.6 Å². The number of nitrogens with one attached hydrogen (secondary N) is 1. The summed E-state index contributed by atoms with van der Waals surface area (Å²) in [6, 6.07) is 7.03. The number of benzene rings is 1. The molecule has 0 spiro atoms. The first-order chi connectivity index (χ1) is 10.2. The monoisotopic (exact) mass is 322 g/mol. The van der Waals surface area contributed by atoms with Crippen molar-refractivity contribution >= 4 is 23.4 Å². The third-order valence-electron chi connectivity index (χ3n) is 3.75. The van der Waals surface area contributed by atoms with Crippen molar-refractivity contribution in [2.75, 3.05) is 5.75 Å². The third kappa shape index (κ3) is 3.78. The molecule has 4 nitrogen and oxygen atoms in total. The lowest BCUT2D eigenvalue weighted by atomic mass is 10.0. The number of rotatable bonds is 5. The fraction of sp³-hybridized carbons (Fsp3) is 0.467. The van der Waals surface area contributed by atoms with Crippen LogP contribution in [-0.2, 0) is 6.54 Å². The minimum absolute atomic E-state index is 0.394. The number of halogens is 1. The highest BCUT2D eigenvalue weighted by Crippen LogP contribution is 2.37. The van der Waals surface area contributed by atoms with E-state index < -0.39 is 0 Å². The summed E-state index contributed by atoms with van der Waals surface area (Å²) in [7, 11) is 0. The van der Waals surface area contributed by atoms with Gasteiger partial charge in [0.05, 0.1) is 0 Å². The molecule has 2 atom stereocenters. The second-order valence-corrected chi connectivity index (χ2v) is 6.96. The highest BCUT2D eigenvalue weighted by atomic mass is 35.5. The lowest BCUT2D eigenvalue weighted by Gasteiger charge is -2.29. The first-order valence-corrected chi connectivity index (χ1v) is 8.59. The topological polar surface area (TPSA) is 42.7 Å². The smallest absolute Gasteiger partial charge is 0.137 e. The van der Waals surface area contributed by atoms with E-state index in [9.17, 15) is 0 Å². The average Bonchev–Trinajstić information content (AvgIpc) is 2.99. The van der Waals surface area contributed by atoms with E-state index in [1.165, 1.54) is 10.5 Å². The molecule has 0 saturated heterocycles. The molecule has 0 aliphatic carbocycles. The Hall–Kier alpha value is -1.04. The molecule has 1 aliphatic heterocycles. The number of fused-ring (bicyclic) bond motifs is 1. The highest BCUT2D eigenvalue weighted by Gasteiger charge is 2.22. The largest absolute Gasteiger partial charge is 0.307 e. The first-order valence-electron chi connectivity index (χ1n) is 7.23. The molecule has 0 saturated carbocycles. The Kier molecular flexibility index (Phi) is 4.83. The molecule has 6 heteroatoms. The Morgan fingerprint density at radius 2 is 2.43 bits per heavy atom. The Morgan fingerprint density at radius 3 is 3.24 bits per heavy atom. The second kappa shape index (κ2) is 6.81. The number of nitrogens with zero attached hydrogens (tertiary/aromatic N) is 3. The van der Waals surface area contributed by atoms with E-state index in [2.05, 4.69) is 34.5 Å². The van der Waals surface area contributed by atoms with Crippen molar-refractivity contribution in [3.63, 3.8) is 0 Å². The zero-order valence-electron chi connectivity index (χ0n) is 12.0. The number of aryl methyl sites for hydroxylation is 1.